The predicted octanol–water partition coefficient (Wildman–Crippen LogP) is 2.54. The largest absolute Gasteiger partial charge is 0.313 e. The number of anilines is 1. The molecule has 0 saturated heterocycles. The summed E-state index contributed by atoms with van der Waals surface area (Å²) in [5, 5.41) is 2.75. The Kier molecular flexibility index (Phi) is 2.21. The number of amides is 1. The van der Waals surface area contributed by atoms with Gasteiger partial charge in [-0.3, -0.25) is 9.20 Å². The van der Waals surface area contributed by atoms with Crippen molar-refractivity contribution < 1.29 is 4.79 Å². The van der Waals surface area contributed by atoms with Crippen molar-refractivity contribution in [2.75, 3.05) is 5.32 Å². The smallest absolute Gasteiger partial charge is 0.212 e. The number of carbonyl (C=O) groups is 1. The van der Waals surface area contributed by atoms with Crippen LogP contribution in [0.5, 0.6) is 0 Å². The third kappa shape index (κ3) is 1.51. The van der Waals surface area contributed by atoms with Gasteiger partial charge in [0.15, 0.2) is 0 Å². The number of aromatic nitrogens is 2. The maximum Gasteiger partial charge on any atom is 0.212 e. The molecule has 3 rings (SSSR count). The first-order valence-electron chi connectivity index (χ1n) is 5.17. The molecule has 0 aliphatic heterocycles. The standard InChI is InChI=1S/C11H10BrN3O/c12-8-3-4-9-14-10(7-1-2-7)11(13-6-16)15(9)5-8/h3-7H,1-2H2,(H,13,16). The van der Waals surface area contributed by atoms with Crippen molar-refractivity contribution in [3.8, 4) is 0 Å². The molecule has 1 amide bonds. The molecule has 0 radical (unpaired) electrons. The minimum absolute atomic E-state index is 0.515. The van der Waals surface area contributed by atoms with Crippen molar-refractivity contribution in [1.29, 1.82) is 0 Å². The van der Waals surface area contributed by atoms with E-state index >= 15 is 0 Å². The molecule has 5 heteroatoms. The Morgan fingerprint density at radius 3 is 3.00 bits per heavy atom. The normalized spacial score (nSPS) is 15.3. The van der Waals surface area contributed by atoms with Crippen LogP contribution in [0.25, 0.3) is 5.65 Å². The number of pyridine rings is 1. The van der Waals surface area contributed by atoms with Gasteiger partial charge in [-0.2, -0.15) is 0 Å². The fraction of sp³-hybridized carbons (Fsp3) is 0.273. The minimum Gasteiger partial charge on any atom is -0.313 e. The van der Waals surface area contributed by atoms with Crippen molar-refractivity contribution in [1.82, 2.24) is 9.38 Å². The first-order chi connectivity index (χ1) is 7.79. The number of nitrogens with zero attached hydrogens (tertiary/aromatic N) is 2. The van der Waals surface area contributed by atoms with Gasteiger partial charge in [0.1, 0.15) is 11.5 Å². The molecule has 0 aromatic carbocycles. The number of fused-ring (bicyclic) bond motifs is 1. The van der Waals surface area contributed by atoms with Crippen LogP contribution in [-0.2, 0) is 4.79 Å². The number of hydrogen-bond acceptors (Lipinski definition) is 2. The second kappa shape index (κ2) is 3.59. The molecule has 1 N–H and O–H groups in total. The molecule has 1 fully saturated rings. The van der Waals surface area contributed by atoms with Crippen LogP contribution >= 0.6 is 15.9 Å². The first-order valence-corrected chi connectivity index (χ1v) is 5.96. The zero-order valence-corrected chi connectivity index (χ0v) is 10.1. The quantitative estimate of drug-likeness (QED) is 0.878. The van der Waals surface area contributed by atoms with Crippen LogP contribution in [0, 0.1) is 0 Å². The maximum atomic E-state index is 10.6. The third-order valence-electron chi connectivity index (χ3n) is 2.77. The Hall–Kier alpha value is -1.36. The van der Waals surface area contributed by atoms with Gasteiger partial charge in [0.05, 0.1) is 5.69 Å². The monoisotopic (exact) mass is 279 g/mol. The number of halogens is 1. The van der Waals surface area contributed by atoms with Crippen LogP contribution in [0.2, 0.25) is 0 Å². The number of imidazole rings is 1. The first kappa shape index (κ1) is 9.84. The summed E-state index contributed by atoms with van der Waals surface area (Å²) < 4.78 is 2.88. The number of nitrogens with one attached hydrogen (secondary N) is 1. The van der Waals surface area contributed by atoms with E-state index in [2.05, 4.69) is 26.2 Å². The molecule has 1 aliphatic rings. The van der Waals surface area contributed by atoms with Crippen molar-refractivity contribution in [2.45, 2.75) is 18.8 Å². The number of rotatable bonds is 3. The average molecular weight is 280 g/mol. The van der Waals surface area contributed by atoms with Crippen LogP contribution in [0.1, 0.15) is 24.5 Å². The molecular weight excluding hydrogens is 270 g/mol. The lowest BCUT2D eigenvalue weighted by Crippen LogP contribution is -2.00. The number of hydrogen-bond donors (Lipinski definition) is 1. The van der Waals surface area contributed by atoms with Crippen molar-refractivity contribution in [2.24, 2.45) is 0 Å². The van der Waals surface area contributed by atoms with Gasteiger partial charge < -0.3 is 5.32 Å². The molecule has 2 heterocycles. The molecule has 4 nitrogen and oxygen atoms in total. The summed E-state index contributed by atoms with van der Waals surface area (Å²) in [5.41, 5.74) is 1.87. The molecule has 0 bridgehead atoms. The molecule has 2 aromatic rings. The summed E-state index contributed by atoms with van der Waals surface area (Å²) in [7, 11) is 0. The van der Waals surface area contributed by atoms with E-state index in [0.717, 1.165) is 21.6 Å². The molecular formula is C11H10BrN3O. The van der Waals surface area contributed by atoms with Gasteiger partial charge in [0, 0.05) is 16.6 Å². The van der Waals surface area contributed by atoms with Crippen molar-refractivity contribution in [3.63, 3.8) is 0 Å². The van der Waals surface area contributed by atoms with Crippen LogP contribution < -0.4 is 5.32 Å². The van der Waals surface area contributed by atoms with Crippen LogP contribution in [-0.4, -0.2) is 15.8 Å². The van der Waals surface area contributed by atoms with E-state index in [-0.39, 0.29) is 0 Å². The topological polar surface area (TPSA) is 46.4 Å². The van der Waals surface area contributed by atoms with E-state index in [1.165, 1.54) is 12.8 Å². The lowest BCUT2D eigenvalue weighted by molar-refractivity contribution is -0.105. The van der Waals surface area contributed by atoms with E-state index in [9.17, 15) is 4.79 Å². The van der Waals surface area contributed by atoms with E-state index in [1.807, 2.05) is 22.7 Å². The summed E-state index contributed by atoms with van der Waals surface area (Å²) in [5.74, 6) is 1.31. The van der Waals surface area contributed by atoms with Crippen LogP contribution in [0.4, 0.5) is 5.82 Å². The Bertz CT molecular complexity index is 560. The Balaban J connectivity index is 2.24. The summed E-state index contributed by atoms with van der Waals surface area (Å²) >= 11 is 3.41. The lowest BCUT2D eigenvalue weighted by Gasteiger charge is -2.01. The van der Waals surface area contributed by atoms with E-state index in [1.54, 1.807) is 0 Å². The third-order valence-corrected chi connectivity index (χ3v) is 3.24. The fourth-order valence-corrected chi connectivity index (χ4v) is 2.21. The van der Waals surface area contributed by atoms with Gasteiger partial charge >= 0.3 is 0 Å². The minimum atomic E-state index is 0.515. The second-order valence-corrected chi connectivity index (χ2v) is 4.87. The van der Waals surface area contributed by atoms with Crippen molar-refractivity contribution in [3.05, 3.63) is 28.5 Å². The zero-order valence-electron chi connectivity index (χ0n) is 8.48. The Labute approximate surface area is 101 Å². The molecule has 16 heavy (non-hydrogen) atoms. The van der Waals surface area contributed by atoms with Gasteiger partial charge in [-0.05, 0) is 40.9 Å². The molecule has 0 spiro atoms. The zero-order chi connectivity index (χ0) is 11.1. The SMILES string of the molecule is O=CNc1c(C2CC2)nc2ccc(Br)cn12. The lowest BCUT2D eigenvalue weighted by atomic mass is 10.3. The molecule has 1 aliphatic carbocycles. The summed E-state index contributed by atoms with van der Waals surface area (Å²) in [4.78, 5) is 15.2. The predicted molar refractivity (Wildman–Crippen MR) is 64.6 cm³/mol. The highest BCUT2D eigenvalue weighted by Gasteiger charge is 2.30. The van der Waals surface area contributed by atoms with Crippen LogP contribution in [0.15, 0.2) is 22.8 Å². The molecule has 2 aromatic heterocycles. The van der Waals surface area contributed by atoms with Crippen molar-refractivity contribution >= 4 is 33.8 Å². The summed E-state index contributed by atoms with van der Waals surface area (Å²) in [6.07, 6.45) is 4.95. The van der Waals surface area contributed by atoms with Gasteiger partial charge in [0.2, 0.25) is 6.41 Å². The van der Waals surface area contributed by atoms with Gasteiger partial charge in [-0.15, -0.1) is 0 Å². The van der Waals surface area contributed by atoms with E-state index < -0.39 is 0 Å². The highest BCUT2D eigenvalue weighted by atomic mass is 79.9. The Morgan fingerprint density at radius 2 is 2.31 bits per heavy atom. The van der Waals surface area contributed by atoms with Gasteiger partial charge in [-0.25, -0.2) is 4.98 Å². The molecule has 1 saturated carbocycles. The molecule has 82 valence electrons. The second-order valence-electron chi connectivity index (χ2n) is 3.96. The summed E-state index contributed by atoms with van der Waals surface area (Å²) in [6, 6.07) is 3.88. The van der Waals surface area contributed by atoms with Gasteiger partial charge in [-0.1, -0.05) is 0 Å². The fourth-order valence-electron chi connectivity index (χ4n) is 1.88. The number of carbonyl (C=O) groups excluding carboxylic acids is 1. The average Bonchev–Trinajstić information content (AvgIpc) is 3.05. The highest BCUT2D eigenvalue weighted by molar-refractivity contribution is 9.10. The Morgan fingerprint density at radius 1 is 1.50 bits per heavy atom. The van der Waals surface area contributed by atoms with E-state index in [4.69, 9.17) is 0 Å². The summed E-state index contributed by atoms with van der Waals surface area (Å²) in [6.45, 7) is 0. The van der Waals surface area contributed by atoms with Crippen LogP contribution in [0.3, 0.4) is 0 Å². The maximum absolute atomic E-state index is 10.6. The molecule has 0 atom stereocenters. The van der Waals surface area contributed by atoms with E-state index in [0.29, 0.717) is 12.3 Å². The highest BCUT2D eigenvalue weighted by Crippen LogP contribution is 2.43. The molecule has 0 unspecified atom stereocenters. The van der Waals surface area contributed by atoms with Gasteiger partial charge in [0.25, 0.3) is 0 Å².